The van der Waals surface area contributed by atoms with Gasteiger partial charge in [-0.25, -0.2) is 0 Å². The standard InChI is InChI=1S/C14H21N2/c1-15-3-2-4-16(15)14-8-11-5-12(9-14)7-13(6-11)10-14/h2-4,11-13H,5-10H2,1H3/q+1. The van der Waals surface area contributed by atoms with Gasteiger partial charge in [0.1, 0.15) is 5.54 Å². The summed E-state index contributed by atoms with van der Waals surface area (Å²) in [4.78, 5) is 0. The van der Waals surface area contributed by atoms with E-state index in [1.54, 1.807) is 0 Å². The quantitative estimate of drug-likeness (QED) is 0.638. The number of aromatic nitrogens is 2. The summed E-state index contributed by atoms with van der Waals surface area (Å²) in [5.74, 6) is 3.11. The SMILES string of the molecule is C[n+]1cccn1C12CC3CC(CC(C3)C1)C2. The fourth-order valence-corrected chi connectivity index (χ4v) is 5.26. The topological polar surface area (TPSA) is 8.81 Å². The van der Waals surface area contributed by atoms with E-state index in [1.807, 2.05) is 0 Å². The predicted molar refractivity (Wildman–Crippen MR) is 61.8 cm³/mol. The first-order valence-electron chi connectivity index (χ1n) is 6.79. The zero-order valence-electron chi connectivity index (χ0n) is 10.1. The predicted octanol–water partition coefficient (Wildman–Crippen LogP) is 2.24. The average molecular weight is 217 g/mol. The third-order valence-corrected chi connectivity index (χ3v) is 5.36. The van der Waals surface area contributed by atoms with Crippen LogP contribution in [0.1, 0.15) is 38.5 Å². The highest BCUT2D eigenvalue weighted by Crippen LogP contribution is 2.58. The third kappa shape index (κ3) is 1.11. The molecule has 16 heavy (non-hydrogen) atoms. The van der Waals surface area contributed by atoms with Crippen molar-refractivity contribution in [2.75, 3.05) is 0 Å². The van der Waals surface area contributed by atoms with E-state index in [0.29, 0.717) is 5.54 Å². The second-order valence-electron chi connectivity index (χ2n) is 6.55. The molecule has 1 aromatic heterocycles. The second kappa shape index (κ2) is 2.91. The van der Waals surface area contributed by atoms with Crippen LogP contribution in [0.15, 0.2) is 18.5 Å². The molecule has 0 atom stereocenters. The first-order valence-corrected chi connectivity index (χ1v) is 6.79. The van der Waals surface area contributed by atoms with Crippen LogP contribution in [0.4, 0.5) is 0 Å². The molecule has 0 unspecified atom stereocenters. The van der Waals surface area contributed by atoms with E-state index in [0.717, 1.165) is 17.8 Å². The largest absolute Gasteiger partial charge is 0.195 e. The molecule has 0 radical (unpaired) electrons. The van der Waals surface area contributed by atoms with Crippen LogP contribution in [0, 0.1) is 17.8 Å². The molecule has 86 valence electrons. The Hall–Kier alpha value is -0.790. The highest BCUT2D eigenvalue weighted by atomic mass is 15.4. The Bertz CT molecular complexity index is 383. The van der Waals surface area contributed by atoms with Crippen LogP contribution in [0.25, 0.3) is 0 Å². The van der Waals surface area contributed by atoms with Gasteiger partial charge in [-0.05, 0) is 56.3 Å². The number of aryl methyl sites for hydroxylation is 1. The molecule has 0 N–H and O–H groups in total. The van der Waals surface area contributed by atoms with Gasteiger partial charge in [-0.1, -0.05) is 0 Å². The summed E-state index contributed by atoms with van der Waals surface area (Å²) < 4.78 is 4.84. The van der Waals surface area contributed by atoms with Gasteiger partial charge in [0.25, 0.3) is 0 Å². The van der Waals surface area contributed by atoms with Crippen molar-refractivity contribution < 1.29 is 4.68 Å². The van der Waals surface area contributed by atoms with Gasteiger partial charge in [0.2, 0.25) is 0 Å². The van der Waals surface area contributed by atoms with Crippen molar-refractivity contribution >= 4 is 0 Å². The summed E-state index contributed by atoms with van der Waals surface area (Å²) in [7, 11) is 2.19. The van der Waals surface area contributed by atoms with E-state index in [4.69, 9.17) is 0 Å². The lowest BCUT2D eigenvalue weighted by Gasteiger charge is -2.55. The summed E-state index contributed by atoms with van der Waals surface area (Å²) >= 11 is 0. The van der Waals surface area contributed by atoms with E-state index in [1.165, 1.54) is 38.5 Å². The van der Waals surface area contributed by atoms with Gasteiger partial charge in [0.05, 0.1) is 6.20 Å². The van der Waals surface area contributed by atoms with Gasteiger partial charge < -0.3 is 0 Å². The van der Waals surface area contributed by atoms with Gasteiger partial charge in [-0.2, -0.15) is 4.68 Å². The maximum Gasteiger partial charge on any atom is 0.195 e. The average Bonchev–Trinajstić information content (AvgIpc) is 2.62. The molecule has 0 saturated heterocycles. The van der Waals surface area contributed by atoms with Crippen LogP contribution in [-0.2, 0) is 12.6 Å². The van der Waals surface area contributed by atoms with Crippen molar-refractivity contribution in [1.82, 2.24) is 4.68 Å². The number of nitrogens with zero attached hydrogens (tertiary/aromatic N) is 2. The molecule has 2 heteroatoms. The van der Waals surface area contributed by atoms with Crippen LogP contribution in [0.3, 0.4) is 0 Å². The van der Waals surface area contributed by atoms with Gasteiger partial charge in [-0.15, -0.1) is 4.68 Å². The molecule has 0 aliphatic heterocycles. The smallest absolute Gasteiger partial charge is 0.155 e. The normalized spacial score (nSPS) is 45.2. The Morgan fingerprint density at radius 1 is 1.06 bits per heavy atom. The monoisotopic (exact) mass is 217 g/mol. The van der Waals surface area contributed by atoms with E-state index < -0.39 is 0 Å². The van der Waals surface area contributed by atoms with Crippen molar-refractivity contribution in [2.45, 2.75) is 44.1 Å². The lowest BCUT2D eigenvalue weighted by Crippen LogP contribution is -2.58. The molecular weight excluding hydrogens is 196 g/mol. The molecule has 4 bridgehead atoms. The molecule has 0 aromatic carbocycles. The van der Waals surface area contributed by atoms with Crippen LogP contribution in [0.5, 0.6) is 0 Å². The number of hydrogen-bond acceptors (Lipinski definition) is 0. The molecule has 1 heterocycles. The lowest BCUT2D eigenvalue weighted by atomic mass is 9.53. The second-order valence-corrected chi connectivity index (χ2v) is 6.55. The van der Waals surface area contributed by atoms with Crippen molar-refractivity contribution in [3.05, 3.63) is 18.5 Å². The first-order chi connectivity index (χ1) is 7.75. The van der Waals surface area contributed by atoms with Crippen molar-refractivity contribution in [3.8, 4) is 0 Å². The lowest BCUT2D eigenvalue weighted by molar-refractivity contribution is -0.762. The number of rotatable bonds is 1. The molecule has 4 saturated carbocycles. The minimum Gasteiger partial charge on any atom is -0.155 e. The van der Waals surface area contributed by atoms with Gasteiger partial charge in [0, 0.05) is 6.07 Å². The van der Waals surface area contributed by atoms with Crippen LogP contribution in [-0.4, -0.2) is 4.68 Å². The van der Waals surface area contributed by atoms with E-state index in [-0.39, 0.29) is 0 Å². The summed E-state index contributed by atoms with van der Waals surface area (Å²) in [6.45, 7) is 0. The molecule has 2 nitrogen and oxygen atoms in total. The summed E-state index contributed by atoms with van der Waals surface area (Å²) in [6.07, 6.45) is 13.4. The Morgan fingerprint density at radius 3 is 2.06 bits per heavy atom. The molecule has 4 aliphatic rings. The summed E-state index contributed by atoms with van der Waals surface area (Å²) in [5.41, 5.74) is 0.493. The highest BCUT2D eigenvalue weighted by Gasteiger charge is 2.54. The molecule has 0 amide bonds. The Labute approximate surface area is 97.2 Å². The van der Waals surface area contributed by atoms with Gasteiger partial charge in [-0.3, -0.25) is 0 Å². The number of hydrogen-bond donors (Lipinski definition) is 0. The maximum atomic E-state index is 2.54. The van der Waals surface area contributed by atoms with E-state index in [9.17, 15) is 0 Å². The van der Waals surface area contributed by atoms with Crippen molar-refractivity contribution in [2.24, 2.45) is 24.8 Å². The molecule has 4 fully saturated rings. The summed E-state index contributed by atoms with van der Waals surface area (Å²) in [6, 6.07) is 2.19. The van der Waals surface area contributed by atoms with Gasteiger partial charge >= 0.3 is 0 Å². The summed E-state index contributed by atoms with van der Waals surface area (Å²) in [5, 5.41) is 0. The fourth-order valence-electron chi connectivity index (χ4n) is 5.26. The third-order valence-electron chi connectivity index (χ3n) is 5.36. The minimum atomic E-state index is 0.493. The zero-order valence-corrected chi connectivity index (χ0v) is 10.1. The van der Waals surface area contributed by atoms with Crippen molar-refractivity contribution in [3.63, 3.8) is 0 Å². The van der Waals surface area contributed by atoms with Gasteiger partial charge in [0.15, 0.2) is 13.2 Å². The van der Waals surface area contributed by atoms with Crippen LogP contribution < -0.4 is 4.68 Å². The highest BCUT2D eigenvalue weighted by molar-refractivity contribution is 5.04. The minimum absolute atomic E-state index is 0.493. The molecule has 0 spiro atoms. The van der Waals surface area contributed by atoms with Crippen molar-refractivity contribution in [1.29, 1.82) is 0 Å². The zero-order chi connectivity index (χ0) is 10.8. The fraction of sp³-hybridized carbons (Fsp3) is 0.786. The Morgan fingerprint density at radius 2 is 1.62 bits per heavy atom. The van der Waals surface area contributed by atoms with E-state index >= 15 is 0 Å². The molecule has 4 aliphatic carbocycles. The molecule has 5 rings (SSSR count). The molecular formula is C14H21N2+. The van der Waals surface area contributed by atoms with E-state index in [2.05, 4.69) is 34.9 Å². The van der Waals surface area contributed by atoms with Crippen LogP contribution in [0.2, 0.25) is 0 Å². The maximum absolute atomic E-state index is 2.54. The Balaban J connectivity index is 1.79. The molecule has 1 aromatic rings. The Kier molecular flexibility index (Phi) is 1.68. The van der Waals surface area contributed by atoms with Crippen LogP contribution >= 0.6 is 0 Å². The first kappa shape index (κ1) is 9.26.